The second-order valence-electron chi connectivity index (χ2n) is 0.402. The fraction of sp³-hybridized carbons (Fsp3) is 0. The number of hydrogen-bond acceptors (Lipinski definition) is 6. The molecule has 9 heteroatoms. The Morgan fingerprint density at radius 1 is 0.778 bits per heavy atom. The van der Waals surface area contributed by atoms with Gasteiger partial charge in [-0.3, -0.25) is 0 Å². The zero-order valence-corrected chi connectivity index (χ0v) is 11.7. The van der Waals surface area contributed by atoms with Crippen LogP contribution >= 0.6 is 0 Å². The molecule has 0 fully saturated rings. The minimum Gasteiger partial charge on any atom is -0.396 e. The predicted octanol–water partition coefficient (Wildman–Crippen LogP) is -12.2. The van der Waals surface area contributed by atoms with Crippen molar-refractivity contribution in [1.29, 1.82) is 0 Å². The molecular formula is H2I2KO6. The minimum absolute atomic E-state index is 0. The summed E-state index contributed by atoms with van der Waals surface area (Å²) in [6.07, 6.45) is 0. The zero-order chi connectivity index (χ0) is 7.15. The predicted molar refractivity (Wildman–Crippen MR) is 10.2 cm³/mol. The first kappa shape index (κ1) is 17.8. The van der Waals surface area contributed by atoms with Gasteiger partial charge in [-0.15, -0.1) is 0 Å². The van der Waals surface area contributed by atoms with Crippen molar-refractivity contribution in [3.63, 3.8) is 0 Å². The third kappa shape index (κ3) is 104. The summed E-state index contributed by atoms with van der Waals surface area (Å²) in [4.78, 5) is 0. The molecule has 0 aliphatic heterocycles. The van der Waals surface area contributed by atoms with E-state index in [0.717, 1.165) is 0 Å². The normalized spacial score (nSPS) is 8.00. The average molecular weight is 391 g/mol. The summed E-state index contributed by atoms with van der Waals surface area (Å²) in [5, 5.41) is 0. The van der Waals surface area contributed by atoms with E-state index in [1.54, 1.807) is 0 Å². The summed E-state index contributed by atoms with van der Waals surface area (Å²) in [5.41, 5.74) is 0. The molecule has 0 saturated carbocycles. The smallest absolute Gasteiger partial charge is 0.396 e. The molecule has 0 aliphatic carbocycles. The molecule has 6 nitrogen and oxygen atoms in total. The summed E-state index contributed by atoms with van der Waals surface area (Å²) in [5.74, 6) is 0. The van der Waals surface area contributed by atoms with Crippen LogP contribution in [0, 0.1) is 0 Å². The molecule has 1 radical (unpaired) electrons. The third-order valence-corrected chi connectivity index (χ3v) is 0. The van der Waals surface area contributed by atoms with Crippen molar-refractivity contribution in [3.05, 3.63) is 0 Å². The second-order valence-corrected chi connectivity index (χ2v) is 2.70. The Kier molecular flexibility index (Phi) is 26.6. The van der Waals surface area contributed by atoms with Gasteiger partial charge < -0.3 is 13.7 Å². The molecule has 0 aromatic rings. The zero-order valence-electron chi connectivity index (χ0n) is 4.28. The van der Waals surface area contributed by atoms with Gasteiger partial charge in [0.05, 0.1) is 0 Å². The van der Waals surface area contributed by atoms with Crippen LogP contribution in [0.25, 0.3) is 0 Å². The quantitative estimate of drug-likeness (QED) is 0.312. The summed E-state index contributed by atoms with van der Waals surface area (Å²) >= 11 is -7.53. The van der Waals surface area contributed by atoms with E-state index < -0.39 is 42.1 Å². The van der Waals surface area contributed by atoms with Gasteiger partial charge in [-0.2, -0.15) is 0 Å². The maximum atomic E-state index is 8.68. The Labute approximate surface area is 111 Å². The van der Waals surface area contributed by atoms with Crippen molar-refractivity contribution in [3.8, 4) is 0 Å². The van der Waals surface area contributed by atoms with E-state index in [1.165, 1.54) is 0 Å². The molecule has 0 saturated heterocycles. The van der Waals surface area contributed by atoms with Crippen molar-refractivity contribution in [2.45, 2.75) is 0 Å². The van der Waals surface area contributed by atoms with E-state index >= 15 is 0 Å². The molecule has 0 unspecified atom stereocenters. The topological polar surface area (TPSA) is 133 Å². The van der Waals surface area contributed by atoms with Gasteiger partial charge in [-0.25, -0.2) is 0 Å². The van der Waals surface area contributed by atoms with Gasteiger partial charge in [0.25, 0.3) is 0 Å². The van der Waals surface area contributed by atoms with Crippen molar-refractivity contribution < 1.29 is 62.7 Å². The standard InChI is InChI=1S/2HIO3.K/c2*2-1(3)4;/h2*2H;. The van der Waals surface area contributed by atoms with E-state index in [-0.39, 0.29) is 51.4 Å². The van der Waals surface area contributed by atoms with Crippen molar-refractivity contribution in [2.75, 3.05) is 0 Å². The van der Waals surface area contributed by atoms with Crippen LogP contribution in [0.1, 0.15) is 0 Å². The first-order chi connectivity index (χ1) is 3.46. The Hall–Kier alpha value is 2.86. The van der Waals surface area contributed by atoms with Gasteiger partial charge in [-0.05, 0) is 6.87 Å². The van der Waals surface area contributed by atoms with Gasteiger partial charge in [-0.1, -0.05) is 0 Å². The monoisotopic (exact) mass is 391 g/mol. The fourth-order valence-corrected chi connectivity index (χ4v) is 0. The van der Waals surface area contributed by atoms with Gasteiger partial charge >= 0.3 is 42.1 Å². The number of rotatable bonds is 0. The van der Waals surface area contributed by atoms with Gasteiger partial charge in [0.15, 0.2) is 0 Å². The van der Waals surface area contributed by atoms with Crippen LogP contribution in [-0.4, -0.2) is 58.3 Å². The average Bonchev–Trinajstić information content (AvgIpc) is 1.25. The van der Waals surface area contributed by atoms with Crippen molar-refractivity contribution in [1.82, 2.24) is 0 Å². The summed E-state index contributed by atoms with van der Waals surface area (Å²) < 4.78 is 48.9. The molecule has 0 bridgehead atoms. The number of halogens is 2. The molecule has 0 heterocycles. The molecule has 0 aromatic heterocycles. The molecule has 0 amide bonds. The fourth-order valence-electron chi connectivity index (χ4n) is 0. The summed E-state index contributed by atoms with van der Waals surface area (Å²) in [6, 6.07) is 0. The molecule has 0 spiro atoms. The van der Waals surface area contributed by atoms with Crippen LogP contribution in [0.5, 0.6) is 0 Å². The van der Waals surface area contributed by atoms with Crippen molar-refractivity contribution >= 4 is 51.4 Å². The Morgan fingerprint density at radius 3 is 0.778 bits per heavy atom. The van der Waals surface area contributed by atoms with Crippen LogP contribution in [0.15, 0.2) is 0 Å². The second kappa shape index (κ2) is 13.4. The molecule has 53 valence electrons. The SMILES string of the molecule is [K].[O-][I+2]([O-])O.[O-][I+2]([O-])O. The van der Waals surface area contributed by atoms with Crippen LogP contribution in [-0.2, 0) is 0 Å². The van der Waals surface area contributed by atoms with Gasteiger partial charge in [0.2, 0.25) is 0 Å². The molecular weight excluding hydrogens is 389 g/mol. The van der Waals surface area contributed by atoms with Crippen LogP contribution in [0.4, 0.5) is 0 Å². The largest absolute Gasteiger partial charge is 0.503 e. The summed E-state index contributed by atoms with van der Waals surface area (Å²) in [6.45, 7) is 0. The minimum atomic E-state index is -3.76. The van der Waals surface area contributed by atoms with Gasteiger partial charge in [0, 0.05) is 51.4 Å². The Bertz CT molecular complexity index is 26.5. The van der Waals surface area contributed by atoms with Crippen LogP contribution < -0.4 is 55.9 Å². The van der Waals surface area contributed by atoms with Crippen molar-refractivity contribution in [2.24, 2.45) is 0 Å². The number of hydrogen-bond donors (Lipinski definition) is 2. The molecule has 0 aliphatic rings. The third-order valence-electron chi connectivity index (χ3n) is 0. The van der Waals surface area contributed by atoms with E-state index in [4.69, 9.17) is 20.6 Å². The molecule has 0 rings (SSSR count). The first-order valence-electron chi connectivity index (χ1n) is 0.955. The maximum absolute atomic E-state index is 8.68. The van der Waals surface area contributed by atoms with E-state index in [9.17, 15) is 0 Å². The van der Waals surface area contributed by atoms with Gasteiger partial charge in [0.1, 0.15) is 0 Å². The van der Waals surface area contributed by atoms with E-state index in [1.807, 2.05) is 0 Å². The Balaban J connectivity index is -0.0000000720. The van der Waals surface area contributed by atoms with E-state index in [2.05, 4.69) is 0 Å². The Morgan fingerprint density at radius 2 is 0.778 bits per heavy atom. The first-order valence-corrected chi connectivity index (χ1v) is 6.41. The molecule has 9 heavy (non-hydrogen) atoms. The maximum Gasteiger partial charge on any atom is 0.503 e. The molecule has 2 N–H and O–H groups in total. The van der Waals surface area contributed by atoms with Crippen LogP contribution in [0.3, 0.4) is 0 Å². The molecule has 0 aromatic carbocycles. The van der Waals surface area contributed by atoms with Crippen LogP contribution in [0.2, 0.25) is 0 Å². The summed E-state index contributed by atoms with van der Waals surface area (Å²) in [7, 11) is 0. The van der Waals surface area contributed by atoms with E-state index in [0.29, 0.717) is 0 Å². The molecule has 0 atom stereocenters.